The van der Waals surface area contributed by atoms with Gasteiger partial charge in [0.2, 0.25) is 11.2 Å². The van der Waals surface area contributed by atoms with Crippen LogP contribution in [0.5, 0.6) is 0 Å². The van der Waals surface area contributed by atoms with Crippen LogP contribution in [-0.4, -0.2) is 42.7 Å². The summed E-state index contributed by atoms with van der Waals surface area (Å²) in [4.78, 5) is 19.0. The van der Waals surface area contributed by atoms with E-state index in [-0.39, 0.29) is 11.2 Å². The first kappa shape index (κ1) is 13.7. The number of nitrogens with zero attached hydrogens (tertiary/aromatic N) is 2. The Morgan fingerprint density at radius 2 is 2.35 bits per heavy atom. The first-order valence-corrected chi connectivity index (χ1v) is 5.58. The van der Waals surface area contributed by atoms with E-state index in [0.29, 0.717) is 31.9 Å². The molecule has 1 heterocycles. The van der Waals surface area contributed by atoms with Crippen molar-refractivity contribution in [3.63, 3.8) is 0 Å². The van der Waals surface area contributed by atoms with Crippen LogP contribution in [0.25, 0.3) is 0 Å². The Morgan fingerprint density at radius 3 is 3.06 bits per heavy atom. The lowest BCUT2D eigenvalue weighted by molar-refractivity contribution is -0.121. The Kier molecular flexibility index (Phi) is 6.27. The fraction of sp³-hybridized carbons (Fsp3) is 0.500. The number of anilines is 1. The molecule has 1 aromatic rings. The maximum atomic E-state index is 11.3. The highest BCUT2D eigenvalue weighted by atomic mass is 35.5. The van der Waals surface area contributed by atoms with Crippen molar-refractivity contribution < 1.29 is 9.53 Å². The topological polar surface area (TPSA) is 76.1 Å². The Morgan fingerprint density at radius 1 is 1.53 bits per heavy atom. The number of ether oxygens (including phenoxy) is 1. The number of nitrogens with one attached hydrogen (secondary N) is 2. The number of methoxy groups -OCH3 is 1. The second-order valence-electron chi connectivity index (χ2n) is 3.23. The number of hydrogen-bond donors (Lipinski definition) is 2. The maximum Gasteiger partial charge on any atom is 0.224 e. The molecule has 7 heteroatoms. The van der Waals surface area contributed by atoms with Gasteiger partial charge in [0, 0.05) is 32.8 Å². The monoisotopic (exact) mass is 258 g/mol. The highest BCUT2D eigenvalue weighted by Gasteiger charge is 2.01. The molecular formula is C10H15ClN4O2. The third kappa shape index (κ3) is 6.03. The van der Waals surface area contributed by atoms with Gasteiger partial charge >= 0.3 is 0 Å². The molecule has 0 aliphatic rings. The second-order valence-corrected chi connectivity index (χ2v) is 3.57. The van der Waals surface area contributed by atoms with Gasteiger partial charge in [-0.2, -0.15) is 0 Å². The summed E-state index contributed by atoms with van der Waals surface area (Å²) < 4.78 is 4.82. The minimum Gasteiger partial charge on any atom is -0.383 e. The summed E-state index contributed by atoms with van der Waals surface area (Å²) in [6.45, 7) is 1.53. The van der Waals surface area contributed by atoms with Crippen molar-refractivity contribution in [2.45, 2.75) is 6.42 Å². The molecular weight excluding hydrogens is 244 g/mol. The van der Waals surface area contributed by atoms with Crippen LogP contribution in [-0.2, 0) is 9.53 Å². The van der Waals surface area contributed by atoms with Gasteiger partial charge in [0.25, 0.3) is 0 Å². The van der Waals surface area contributed by atoms with Gasteiger partial charge in [0.15, 0.2) is 0 Å². The van der Waals surface area contributed by atoms with Crippen LogP contribution in [0, 0.1) is 0 Å². The molecule has 0 unspecified atom stereocenters. The Labute approximate surface area is 105 Å². The maximum absolute atomic E-state index is 11.3. The molecule has 94 valence electrons. The molecule has 1 amide bonds. The van der Waals surface area contributed by atoms with E-state index in [2.05, 4.69) is 20.6 Å². The molecule has 0 bridgehead atoms. The van der Waals surface area contributed by atoms with E-state index in [1.54, 1.807) is 19.4 Å². The number of aromatic nitrogens is 2. The van der Waals surface area contributed by atoms with Crippen molar-refractivity contribution in [1.82, 2.24) is 15.3 Å². The first-order chi connectivity index (χ1) is 8.22. The van der Waals surface area contributed by atoms with E-state index in [4.69, 9.17) is 16.3 Å². The average Bonchev–Trinajstić information content (AvgIpc) is 2.29. The third-order valence-electron chi connectivity index (χ3n) is 1.91. The lowest BCUT2D eigenvalue weighted by Gasteiger charge is -2.06. The van der Waals surface area contributed by atoms with E-state index in [1.807, 2.05) is 0 Å². The predicted octanol–water partition coefficient (Wildman–Crippen LogP) is 0.695. The Hall–Kier alpha value is -1.40. The number of hydrogen-bond acceptors (Lipinski definition) is 5. The first-order valence-electron chi connectivity index (χ1n) is 5.20. The summed E-state index contributed by atoms with van der Waals surface area (Å²) in [6, 6.07) is 1.69. The van der Waals surface area contributed by atoms with Crippen LogP contribution in [0.15, 0.2) is 12.3 Å². The molecule has 2 N–H and O–H groups in total. The van der Waals surface area contributed by atoms with E-state index >= 15 is 0 Å². The summed E-state index contributed by atoms with van der Waals surface area (Å²) in [6.07, 6.45) is 1.92. The lowest BCUT2D eigenvalue weighted by Crippen LogP contribution is -2.28. The van der Waals surface area contributed by atoms with Gasteiger partial charge in [-0.3, -0.25) is 4.79 Å². The minimum atomic E-state index is -0.0327. The summed E-state index contributed by atoms with van der Waals surface area (Å²) in [5.74, 6) is 0.574. The normalized spacial score (nSPS) is 10.0. The fourth-order valence-corrected chi connectivity index (χ4v) is 1.27. The fourth-order valence-electron chi connectivity index (χ4n) is 1.12. The van der Waals surface area contributed by atoms with Crippen LogP contribution in [0.4, 0.5) is 5.82 Å². The zero-order valence-electron chi connectivity index (χ0n) is 9.57. The highest BCUT2D eigenvalue weighted by Crippen LogP contribution is 2.05. The number of rotatable bonds is 7. The van der Waals surface area contributed by atoms with Gasteiger partial charge in [-0.05, 0) is 17.7 Å². The van der Waals surface area contributed by atoms with Crippen molar-refractivity contribution in [1.29, 1.82) is 0 Å². The number of carbonyl (C=O) groups excluding carboxylic acids is 1. The van der Waals surface area contributed by atoms with Crippen molar-refractivity contribution in [3.05, 3.63) is 17.5 Å². The zero-order valence-corrected chi connectivity index (χ0v) is 10.3. The average molecular weight is 259 g/mol. The van der Waals surface area contributed by atoms with Crippen LogP contribution < -0.4 is 10.6 Å². The van der Waals surface area contributed by atoms with Crippen LogP contribution in [0.2, 0.25) is 5.28 Å². The molecule has 17 heavy (non-hydrogen) atoms. The molecule has 0 fully saturated rings. The molecule has 0 saturated carbocycles. The van der Waals surface area contributed by atoms with Gasteiger partial charge in [-0.25, -0.2) is 9.97 Å². The summed E-state index contributed by atoms with van der Waals surface area (Å²) in [5.41, 5.74) is 0. The Balaban J connectivity index is 2.17. The van der Waals surface area contributed by atoms with E-state index in [1.165, 1.54) is 0 Å². The molecule has 0 saturated heterocycles. The lowest BCUT2D eigenvalue weighted by atomic mass is 10.4. The van der Waals surface area contributed by atoms with Gasteiger partial charge in [0.05, 0.1) is 6.61 Å². The number of halogens is 1. The van der Waals surface area contributed by atoms with Gasteiger partial charge in [-0.1, -0.05) is 0 Å². The zero-order chi connectivity index (χ0) is 12.5. The van der Waals surface area contributed by atoms with Crippen LogP contribution >= 0.6 is 11.6 Å². The molecule has 0 atom stereocenters. The molecule has 0 aliphatic heterocycles. The summed E-state index contributed by atoms with van der Waals surface area (Å²) >= 11 is 5.62. The van der Waals surface area contributed by atoms with Crippen LogP contribution in [0.3, 0.4) is 0 Å². The number of carbonyl (C=O) groups is 1. The molecule has 0 radical (unpaired) electrons. The number of amides is 1. The van der Waals surface area contributed by atoms with Crippen LogP contribution in [0.1, 0.15) is 6.42 Å². The van der Waals surface area contributed by atoms with Gasteiger partial charge in [-0.15, -0.1) is 0 Å². The van der Waals surface area contributed by atoms with E-state index in [9.17, 15) is 4.79 Å². The SMILES string of the molecule is COCCNC(=O)CCNc1ccnc(Cl)n1. The molecule has 1 rings (SSSR count). The molecule has 0 spiro atoms. The molecule has 1 aromatic heterocycles. The summed E-state index contributed by atoms with van der Waals surface area (Å²) in [5, 5.41) is 5.88. The smallest absolute Gasteiger partial charge is 0.224 e. The second kappa shape index (κ2) is 7.81. The van der Waals surface area contributed by atoms with Crippen molar-refractivity contribution in [3.8, 4) is 0 Å². The van der Waals surface area contributed by atoms with Crippen molar-refractivity contribution in [2.24, 2.45) is 0 Å². The highest BCUT2D eigenvalue weighted by molar-refractivity contribution is 6.28. The van der Waals surface area contributed by atoms with E-state index < -0.39 is 0 Å². The molecule has 0 aliphatic carbocycles. The van der Waals surface area contributed by atoms with Gasteiger partial charge in [0.1, 0.15) is 5.82 Å². The third-order valence-corrected chi connectivity index (χ3v) is 2.09. The summed E-state index contributed by atoms with van der Waals surface area (Å²) in [7, 11) is 1.59. The van der Waals surface area contributed by atoms with Crippen molar-refractivity contribution in [2.75, 3.05) is 32.1 Å². The van der Waals surface area contributed by atoms with E-state index in [0.717, 1.165) is 0 Å². The standard InChI is InChI=1S/C10H15ClN4O2/c1-17-7-6-13-9(16)3-5-12-8-2-4-14-10(11)15-8/h2,4H,3,5-7H2,1H3,(H,13,16)(H,12,14,15). The van der Waals surface area contributed by atoms with Gasteiger partial charge < -0.3 is 15.4 Å². The largest absolute Gasteiger partial charge is 0.383 e. The Bertz CT molecular complexity index is 362. The predicted molar refractivity (Wildman–Crippen MR) is 65.0 cm³/mol. The minimum absolute atomic E-state index is 0.0327. The van der Waals surface area contributed by atoms with Crippen molar-refractivity contribution >= 4 is 23.3 Å². The molecule has 6 nitrogen and oxygen atoms in total. The molecule has 0 aromatic carbocycles. The quantitative estimate of drug-likeness (QED) is 0.556.